The van der Waals surface area contributed by atoms with Gasteiger partial charge in [-0.15, -0.1) is 0 Å². The highest BCUT2D eigenvalue weighted by molar-refractivity contribution is 6.33. The summed E-state index contributed by atoms with van der Waals surface area (Å²) in [5.74, 6) is 0.243. The Morgan fingerprint density at radius 3 is 2.62 bits per heavy atom. The van der Waals surface area contributed by atoms with Crippen LogP contribution in [0.15, 0.2) is 18.2 Å². The van der Waals surface area contributed by atoms with Gasteiger partial charge in [-0.25, -0.2) is 4.39 Å². The third-order valence-corrected chi connectivity index (χ3v) is 5.63. The molecule has 1 aliphatic rings. The topological polar surface area (TPSA) is 51.8 Å². The summed E-state index contributed by atoms with van der Waals surface area (Å²) in [5, 5.41) is 4.87. The Balaban J connectivity index is 1.61. The normalized spacial score (nSPS) is 15.2. The van der Waals surface area contributed by atoms with Crippen LogP contribution < -0.4 is 9.64 Å². The third kappa shape index (κ3) is 4.90. The zero-order valence-electron chi connectivity index (χ0n) is 17.5. The number of aryl methyl sites for hydroxylation is 1. The largest absolute Gasteiger partial charge is 0.494 e. The molecule has 1 amide bonds. The highest BCUT2D eigenvalue weighted by Gasteiger charge is 2.29. The van der Waals surface area contributed by atoms with Crippen LogP contribution in [0.3, 0.4) is 0 Å². The fourth-order valence-corrected chi connectivity index (χ4v) is 4.06. The highest BCUT2D eigenvalue weighted by Crippen LogP contribution is 2.23. The fourth-order valence-electron chi connectivity index (χ4n) is 3.73. The number of nitrogens with zero attached hydrogens (tertiary/aromatic N) is 3. The predicted molar refractivity (Wildman–Crippen MR) is 110 cm³/mol. The van der Waals surface area contributed by atoms with E-state index in [9.17, 15) is 9.18 Å². The summed E-state index contributed by atoms with van der Waals surface area (Å²) >= 11 is 6.47. The smallest absolute Gasteiger partial charge is 0.259 e. The number of ether oxygens (including phenoxy) is 1. The number of quaternary nitrogens is 1. The van der Waals surface area contributed by atoms with E-state index in [0.717, 1.165) is 25.2 Å². The van der Waals surface area contributed by atoms with Crippen LogP contribution in [0.1, 0.15) is 35.5 Å². The van der Waals surface area contributed by atoms with Crippen molar-refractivity contribution in [2.75, 3.05) is 33.3 Å². The molecule has 3 rings (SSSR count). The lowest BCUT2D eigenvalue weighted by Crippen LogP contribution is -3.13. The predicted octanol–water partition coefficient (Wildman–Crippen LogP) is 2.19. The number of carbonyl (C=O) groups excluding carboxylic acids is 1. The molecule has 29 heavy (non-hydrogen) atoms. The molecule has 1 aromatic heterocycles. The summed E-state index contributed by atoms with van der Waals surface area (Å²) in [6.45, 7) is 10.3. The Labute approximate surface area is 176 Å². The minimum Gasteiger partial charge on any atom is -0.494 e. The first-order valence-corrected chi connectivity index (χ1v) is 10.4. The zero-order chi connectivity index (χ0) is 21.1. The number of carbonyl (C=O) groups is 1. The van der Waals surface area contributed by atoms with E-state index < -0.39 is 0 Å². The second kappa shape index (κ2) is 9.13. The number of piperazine rings is 1. The van der Waals surface area contributed by atoms with Crippen molar-refractivity contribution < 1.29 is 18.8 Å². The monoisotopic (exact) mass is 423 g/mol. The molecule has 158 valence electrons. The molecule has 0 saturated carbocycles. The van der Waals surface area contributed by atoms with Crippen molar-refractivity contribution in [1.82, 2.24) is 14.7 Å². The van der Waals surface area contributed by atoms with E-state index >= 15 is 0 Å². The molecule has 0 spiro atoms. The van der Waals surface area contributed by atoms with Crippen molar-refractivity contribution in [1.29, 1.82) is 0 Å². The second-order valence-corrected chi connectivity index (χ2v) is 8.37. The summed E-state index contributed by atoms with van der Waals surface area (Å²) in [4.78, 5) is 16.2. The molecule has 0 radical (unpaired) electrons. The summed E-state index contributed by atoms with van der Waals surface area (Å²) in [7, 11) is 1.46. The van der Waals surface area contributed by atoms with Gasteiger partial charge in [0, 0.05) is 12.1 Å². The van der Waals surface area contributed by atoms with Crippen LogP contribution in [0.2, 0.25) is 5.15 Å². The van der Waals surface area contributed by atoms with Crippen molar-refractivity contribution in [3.8, 4) is 5.75 Å². The maximum absolute atomic E-state index is 13.9. The van der Waals surface area contributed by atoms with Crippen molar-refractivity contribution in [3.63, 3.8) is 0 Å². The SMILES string of the molecule is COc1ccc(C[NH+]2CCN(C(=O)c3c(C)nn(CC(C)C)c3Cl)CC2)cc1F. The highest BCUT2D eigenvalue weighted by atomic mass is 35.5. The number of hydrogen-bond donors (Lipinski definition) is 1. The summed E-state index contributed by atoms with van der Waals surface area (Å²) in [5.41, 5.74) is 2.10. The molecule has 1 saturated heterocycles. The quantitative estimate of drug-likeness (QED) is 0.774. The van der Waals surface area contributed by atoms with Gasteiger partial charge in [0.2, 0.25) is 0 Å². The lowest BCUT2D eigenvalue weighted by molar-refractivity contribution is -0.917. The van der Waals surface area contributed by atoms with Crippen molar-refractivity contribution in [2.45, 2.75) is 33.9 Å². The second-order valence-electron chi connectivity index (χ2n) is 8.02. The summed E-state index contributed by atoms with van der Waals surface area (Å²) in [6.07, 6.45) is 0. The van der Waals surface area contributed by atoms with Crippen molar-refractivity contribution in [2.24, 2.45) is 5.92 Å². The molecule has 1 aliphatic heterocycles. The average molecular weight is 424 g/mol. The molecule has 0 aliphatic carbocycles. The average Bonchev–Trinajstić information content (AvgIpc) is 2.94. The number of hydrogen-bond acceptors (Lipinski definition) is 3. The Morgan fingerprint density at radius 2 is 2.03 bits per heavy atom. The van der Waals surface area contributed by atoms with Gasteiger partial charge in [0.15, 0.2) is 11.6 Å². The van der Waals surface area contributed by atoms with Gasteiger partial charge in [-0.1, -0.05) is 25.4 Å². The zero-order valence-corrected chi connectivity index (χ0v) is 18.2. The van der Waals surface area contributed by atoms with E-state index in [0.29, 0.717) is 42.0 Å². The van der Waals surface area contributed by atoms with Crippen LogP contribution in [-0.4, -0.2) is 53.9 Å². The first-order chi connectivity index (χ1) is 13.8. The molecule has 6 nitrogen and oxygen atoms in total. The van der Waals surface area contributed by atoms with Gasteiger partial charge in [0.25, 0.3) is 5.91 Å². The van der Waals surface area contributed by atoms with Gasteiger partial charge < -0.3 is 14.5 Å². The van der Waals surface area contributed by atoms with Gasteiger partial charge in [-0.2, -0.15) is 5.10 Å². The van der Waals surface area contributed by atoms with Crippen LogP contribution >= 0.6 is 11.6 Å². The summed E-state index contributed by atoms with van der Waals surface area (Å²) in [6, 6.07) is 5.07. The lowest BCUT2D eigenvalue weighted by atomic mass is 10.1. The molecule has 0 bridgehead atoms. The number of amides is 1. The Bertz CT molecular complexity index is 876. The maximum atomic E-state index is 13.9. The lowest BCUT2D eigenvalue weighted by Gasteiger charge is -2.32. The molecule has 0 unspecified atom stereocenters. The van der Waals surface area contributed by atoms with E-state index in [1.165, 1.54) is 18.1 Å². The number of nitrogens with one attached hydrogen (secondary N) is 1. The Morgan fingerprint density at radius 1 is 1.34 bits per heavy atom. The molecular weight excluding hydrogens is 395 g/mol. The molecule has 8 heteroatoms. The number of halogens is 2. The van der Waals surface area contributed by atoms with Gasteiger partial charge in [-0.05, 0) is 31.0 Å². The van der Waals surface area contributed by atoms with Crippen LogP contribution in [0.5, 0.6) is 5.75 Å². The van der Waals surface area contributed by atoms with Crippen LogP contribution in [0.4, 0.5) is 4.39 Å². The van der Waals surface area contributed by atoms with E-state index in [-0.39, 0.29) is 17.5 Å². The fraction of sp³-hybridized carbons (Fsp3) is 0.524. The Kier molecular flexibility index (Phi) is 6.80. The van der Waals surface area contributed by atoms with Gasteiger partial charge in [0.05, 0.1) is 44.5 Å². The van der Waals surface area contributed by atoms with E-state index in [2.05, 4.69) is 18.9 Å². The minimum absolute atomic E-state index is 0.0583. The van der Waals surface area contributed by atoms with Crippen LogP contribution in [-0.2, 0) is 13.1 Å². The van der Waals surface area contributed by atoms with Crippen LogP contribution in [0.25, 0.3) is 0 Å². The molecule has 0 atom stereocenters. The van der Waals surface area contributed by atoms with Crippen LogP contribution in [0, 0.1) is 18.7 Å². The first kappa shape index (κ1) is 21.6. The molecule has 2 aromatic rings. The number of aromatic nitrogens is 2. The van der Waals surface area contributed by atoms with E-state index in [1.807, 2.05) is 17.9 Å². The third-order valence-electron chi connectivity index (χ3n) is 5.25. The first-order valence-electron chi connectivity index (χ1n) is 9.98. The van der Waals surface area contributed by atoms with Gasteiger partial charge in [0.1, 0.15) is 11.7 Å². The number of rotatable bonds is 6. The maximum Gasteiger partial charge on any atom is 0.259 e. The molecule has 1 aromatic carbocycles. The number of methoxy groups -OCH3 is 1. The van der Waals surface area contributed by atoms with Gasteiger partial charge >= 0.3 is 0 Å². The summed E-state index contributed by atoms with van der Waals surface area (Å²) < 4.78 is 20.6. The standard InChI is InChI=1S/C21H28ClFN4O2/c1-14(2)12-27-20(22)19(15(3)24-27)21(28)26-9-7-25(8-10-26)13-16-5-6-18(29-4)17(23)11-16/h5-6,11,14H,7-10,12-13H2,1-4H3/p+1. The van der Waals surface area contributed by atoms with E-state index in [4.69, 9.17) is 16.3 Å². The molecular formula is C21H29ClFN4O2+. The Hall–Kier alpha value is -2.12. The number of benzene rings is 1. The van der Waals surface area contributed by atoms with Crippen molar-refractivity contribution >= 4 is 17.5 Å². The van der Waals surface area contributed by atoms with E-state index in [1.54, 1.807) is 10.7 Å². The minimum atomic E-state index is -0.346. The molecule has 1 N–H and O–H groups in total. The van der Waals surface area contributed by atoms with Crippen molar-refractivity contribution in [3.05, 3.63) is 46.0 Å². The molecule has 1 fully saturated rings. The van der Waals surface area contributed by atoms with Gasteiger partial charge in [-0.3, -0.25) is 9.48 Å². The molecule has 2 heterocycles.